The van der Waals surface area contributed by atoms with Crippen molar-refractivity contribution < 1.29 is 4.57 Å². The summed E-state index contributed by atoms with van der Waals surface area (Å²) in [6.07, 6.45) is 44.8. The van der Waals surface area contributed by atoms with E-state index in [2.05, 4.69) is 42.3 Å². The summed E-state index contributed by atoms with van der Waals surface area (Å²) in [5.41, 5.74) is 0. The maximum Gasteiger partial charge on any atom is 0.256 e. The van der Waals surface area contributed by atoms with Crippen molar-refractivity contribution in [2.24, 2.45) is 0 Å². The summed E-state index contributed by atoms with van der Waals surface area (Å²) in [4.78, 5) is 0. The normalized spacial score (nSPS) is 11.6. The molecule has 0 saturated carbocycles. The van der Waals surface area contributed by atoms with Crippen LogP contribution in [-0.2, 0) is 19.5 Å². The molecule has 2 nitrogen and oxygen atoms in total. The lowest BCUT2D eigenvalue weighted by atomic mass is 10.0. The van der Waals surface area contributed by atoms with Gasteiger partial charge in [-0.3, -0.25) is 0 Å². The zero-order valence-electron chi connectivity index (χ0n) is 26.8. The van der Waals surface area contributed by atoms with E-state index in [4.69, 9.17) is 0 Å². The van der Waals surface area contributed by atoms with Crippen LogP contribution < -0.4 is 4.57 Å². The van der Waals surface area contributed by atoms with E-state index in [1.54, 1.807) is 5.82 Å². The first kappa shape index (κ1) is 35.2. The molecule has 1 heterocycles. The van der Waals surface area contributed by atoms with Crippen LogP contribution in [0, 0.1) is 0 Å². The summed E-state index contributed by atoms with van der Waals surface area (Å²) in [6.45, 7) is 9.24. The van der Waals surface area contributed by atoms with Crippen molar-refractivity contribution in [3.8, 4) is 0 Å². The third-order valence-corrected chi connectivity index (χ3v) is 8.69. The second-order valence-corrected chi connectivity index (χ2v) is 12.3. The SMILES string of the molecule is CCCCCCCCCCCCCCCCCCC[n+]1ccn(CC)c1CCCCCCCCCCCC. The number of aryl methyl sites for hydroxylation is 2. The second-order valence-electron chi connectivity index (χ2n) is 12.3. The maximum absolute atomic E-state index is 2.57. The van der Waals surface area contributed by atoms with Crippen LogP contribution >= 0.6 is 0 Å². The molecule has 1 aromatic heterocycles. The van der Waals surface area contributed by atoms with E-state index in [1.807, 2.05) is 0 Å². The molecule has 0 fully saturated rings. The van der Waals surface area contributed by atoms with Crippen LogP contribution in [0.3, 0.4) is 0 Å². The monoisotopic (exact) mass is 532 g/mol. The molecule has 38 heavy (non-hydrogen) atoms. The molecule has 0 N–H and O–H groups in total. The van der Waals surface area contributed by atoms with E-state index >= 15 is 0 Å². The average molecular weight is 532 g/mol. The molecule has 1 aromatic rings. The van der Waals surface area contributed by atoms with Crippen molar-refractivity contribution in [1.29, 1.82) is 0 Å². The number of hydrogen-bond donors (Lipinski definition) is 0. The number of unbranched alkanes of at least 4 members (excludes halogenated alkanes) is 25. The Balaban J connectivity index is 1.97. The van der Waals surface area contributed by atoms with E-state index in [0.717, 1.165) is 6.54 Å². The molecule has 2 heteroatoms. The minimum Gasteiger partial charge on any atom is -0.235 e. The summed E-state index contributed by atoms with van der Waals surface area (Å²) >= 11 is 0. The molecule has 0 aliphatic carbocycles. The molecule has 0 amide bonds. The molecule has 1 rings (SSSR count). The highest BCUT2D eigenvalue weighted by Gasteiger charge is 2.15. The lowest BCUT2D eigenvalue weighted by Gasteiger charge is -2.06. The first-order valence-corrected chi connectivity index (χ1v) is 17.9. The van der Waals surface area contributed by atoms with E-state index < -0.39 is 0 Å². The van der Waals surface area contributed by atoms with Gasteiger partial charge in [0.05, 0.1) is 13.1 Å². The fraction of sp³-hybridized carbons (Fsp3) is 0.917. The lowest BCUT2D eigenvalue weighted by molar-refractivity contribution is -0.704. The van der Waals surface area contributed by atoms with Gasteiger partial charge in [-0.2, -0.15) is 0 Å². The second kappa shape index (κ2) is 27.8. The Morgan fingerprint density at radius 1 is 0.447 bits per heavy atom. The van der Waals surface area contributed by atoms with Crippen LogP contribution in [-0.4, -0.2) is 4.57 Å². The summed E-state index contributed by atoms with van der Waals surface area (Å²) in [5.74, 6) is 1.57. The molecule has 0 aliphatic heterocycles. The van der Waals surface area contributed by atoms with Gasteiger partial charge in [0, 0.05) is 6.42 Å². The maximum atomic E-state index is 2.57. The highest BCUT2D eigenvalue weighted by atomic mass is 15.1. The third kappa shape index (κ3) is 20.2. The van der Waals surface area contributed by atoms with Crippen LogP contribution in [0.1, 0.15) is 200 Å². The topological polar surface area (TPSA) is 8.81 Å². The predicted molar refractivity (Wildman–Crippen MR) is 170 cm³/mol. The molecule has 0 atom stereocenters. The number of hydrogen-bond acceptors (Lipinski definition) is 0. The highest BCUT2D eigenvalue weighted by Crippen LogP contribution is 2.15. The third-order valence-electron chi connectivity index (χ3n) is 8.69. The molecule has 0 aliphatic rings. The van der Waals surface area contributed by atoms with Crippen molar-refractivity contribution >= 4 is 0 Å². The van der Waals surface area contributed by atoms with Crippen LogP contribution in [0.5, 0.6) is 0 Å². The van der Waals surface area contributed by atoms with E-state index in [1.165, 1.54) is 186 Å². The first-order chi connectivity index (χ1) is 18.8. The zero-order valence-corrected chi connectivity index (χ0v) is 26.8. The minimum atomic E-state index is 1.11. The van der Waals surface area contributed by atoms with Crippen molar-refractivity contribution in [2.75, 3.05) is 0 Å². The van der Waals surface area contributed by atoms with Crippen molar-refractivity contribution in [1.82, 2.24) is 4.57 Å². The van der Waals surface area contributed by atoms with Gasteiger partial charge >= 0.3 is 0 Å². The Kier molecular flexibility index (Phi) is 25.7. The van der Waals surface area contributed by atoms with Crippen molar-refractivity contribution in [2.45, 2.75) is 214 Å². The molecule has 0 radical (unpaired) electrons. The largest absolute Gasteiger partial charge is 0.256 e. The molecular formula is C36H71N2+. The van der Waals surface area contributed by atoms with Crippen LogP contribution in [0.2, 0.25) is 0 Å². The Morgan fingerprint density at radius 2 is 0.789 bits per heavy atom. The van der Waals surface area contributed by atoms with Gasteiger partial charge in [0.2, 0.25) is 0 Å². The van der Waals surface area contributed by atoms with Crippen molar-refractivity contribution in [3.05, 3.63) is 18.2 Å². The van der Waals surface area contributed by atoms with Gasteiger partial charge in [0.1, 0.15) is 12.4 Å². The fourth-order valence-corrected chi connectivity index (χ4v) is 6.05. The quantitative estimate of drug-likeness (QED) is 0.0689. The minimum absolute atomic E-state index is 1.11. The van der Waals surface area contributed by atoms with Gasteiger partial charge in [0.25, 0.3) is 5.82 Å². The molecule has 0 aromatic carbocycles. The Morgan fingerprint density at radius 3 is 1.16 bits per heavy atom. The Bertz CT molecular complexity index is 590. The number of imidazole rings is 1. The van der Waals surface area contributed by atoms with Gasteiger partial charge < -0.3 is 0 Å². The highest BCUT2D eigenvalue weighted by molar-refractivity contribution is 4.83. The Hall–Kier alpha value is -0.790. The fourth-order valence-electron chi connectivity index (χ4n) is 6.05. The van der Waals surface area contributed by atoms with Crippen LogP contribution in [0.25, 0.3) is 0 Å². The number of nitrogens with zero attached hydrogens (tertiary/aromatic N) is 2. The zero-order chi connectivity index (χ0) is 27.4. The van der Waals surface area contributed by atoms with Gasteiger partial charge in [-0.05, 0) is 26.2 Å². The molecular weight excluding hydrogens is 460 g/mol. The van der Waals surface area contributed by atoms with Crippen LogP contribution in [0.15, 0.2) is 12.4 Å². The van der Waals surface area contributed by atoms with Crippen molar-refractivity contribution in [3.63, 3.8) is 0 Å². The molecule has 0 spiro atoms. The average Bonchev–Trinajstić information content (AvgIpc) is 3.33. The van der Waals surface area contributed by atoms with Crippen LogP contribution in [0.4, 0.5) is 0 Å². The Labute approximate surface area is 240 Å². The summed E-state index contributed by atoms with van der Waals surface area (Å²) in [7, 11) is 0. The lowest BCUT2D eigenvalue weighted by Crippen LogP contribution is -2.37. The molecule has 224 valence electrons. The van der Waals surface area contributed by atoms with E-state index in [-0.39, 0.29) is 0 Å². The van der Waals surface area contributed by atoms with Gasteiger partial charge in [-0.25, -0.2) is 9.13 Å². The first-order valence-electron chi connectivity index (χ1n) is 17.9. The molecule has 0 saturated heterocycles. The van der Waals surface area contributed by atoms with Gasteiger partial charge in [-0.15, -0.1) is 0 Å². The van der Waals surface area contributed by atoms with Gasteiger partial charge in [0.15, 0.2) is 0 Å². The summed E-state index contributed by atoms with van der Waals surface area (Å²) in [6, 6.07) is 0. The number of rotatable bonds is 30. The standard InChI is InChI=1S/C36H71N2/c1-4-7-9-11-13-15-17-18-19-20-21-22-23-25-27-29-31-33-38-35-34-37(6-3)36(38)32-30-28-26-24-16-14-12-10-8-5-2/h34-35H,4-33H2,1-3H3/q+1. The molecule has 0 unspecified atom stereocenters. The number of aromatic nitrogens is 2. The van der Waals surface area contributed by atoms with Gasteiger partial charge in [-0.1, -0.05) is 168 Å². The molecule has 0 bridgehead atoms. The predicted octanol–water partition coefficient (Wildman–Crippen LogP) is 11.9. The summed E-state index contributed by atoms with van der Waals surface area (Å²) < 4.78 is 5.06. The summed E-state index contributed by atoms with van der Waals surface area (Å²) in [5, 5.41) is 0. The smallest absolute Gasteiger partial charge is 0.235 e. The van der Waals surface area contributed by atoms with E-state index in [9.17, 15) is 0 Å². The van der Waals surface area contributed by atoms with E-state index in [0.29, 0.717) is 0 Å².